The van der Waals surface area contributed by atoms with Gasteiger partial charge < -0.3 is 19.9 Å². The number of ether oxygens (including phenoxy) is 1. The first-order valence-electron chi connectivity index (χ1n) is 10.1. The number of para-hydroxylation sites is 2. The van der Waals surface area contributed by atoms with Crippen molar-refractivity contribution in [2.24, 2.45) is 0 Å². The van der Waals surface area contributed by atoms with E-state index >= 15 is 0 Å². The van der Waals surface area contributed by atoms with E-state index in [1.54, 1.807) is 0 Å². The van der Waals surface area contributed by atoms with Crippen molar-refractivity contribution in [1.82, 2.24) is 14.9 Å². The molecule has 1 amide bonds. The summed E-state index contributed by atoms with van der Waals surface area (Å²) >= 11 is 0. The lowest BCUT2D eigenvalue weighted by atomic mass is 10.2. The minimum atomic E-state index is -0.487. The number of amides is 1. The van der Waals surface area contributed by atoms with Crippen LogP contribution in [0.2, 0.25) is 0 Å². The molecule has 0 radical (unpaired) electrons. The Morgan fingerprint density at radius 1 is 1.14 bits per heavy atom. The molecule has 28 heavy (non-hydrogen) atoms. The zero-order valence-corrected chi connectivity index (χ0v) is 17.1. The third-order valence-electron chi connectivity index (χ3n) is 5.03. The van der Waals surface area contributed by atoms with Crippen molar-refractivity contribution in [3.63, 3.8) is 0 Å². The second-order valence-corrected chi connectivity index (χ2v) is 8.77. The molecule has 150 valence electrons. The molecule has 1 aliphatic heterocycles. The van der Waals surface area contributed by atoms with Crippen molar-refractivity contribution < 1.29 is 9.53 Å². The average Bonchev–Trinajstić information content (AvgIpc) is 3.43. The van der Waals surface area contributed by atoms with Crippen molar-refractivity contribution >= 4 is 28.8 Å². The molecule has 0 unspecified atom stereocenters. The van der Waals surface area contributed by atoms with Crippen LogP contribution in [0.15, 0.2) is 24.3 Å². The molecule has 1 N–H and O–H groups in total. The number of carbonyl (C=O) groups excluding carboxylic acids is 1. The van der Waals surface area contributed by atoms with E-state index in [1.165, 1.54) is 12.8 Å². The van der Waals surface area contributed by atoms with E-state index in [2.05, 4.69) is 17.1 Å². The van der Waals surface area contributed by atoms with Crippen molar-refractivity contribution in [2.75, 3.05) is 29.9 Å². The maximum Gasteiger partial charge on any atom is 0.410 e. The lowest BCUT2D eigenvalue weighted by Gasteiger charge is -2.41. The monoisotopic (exact) mass is 383 g/mol. The molecule has 2 heterocycles. The van der Waals surface area contributed by atoms with Gasteiger partial charge in [-0.3, -0.25) is 0 Å². The zero-order chi connectivity index (χ0) is 19.9. The SMILES string of the molecule is C[C@@H]1CN(c2nc3ccccc3nc2NC2CC2)CCN1C(=O)OC(C)(C)C. The summed E-state index contributed by atoms with van der Waals surface area (Å²) in [6, 6.07) is 8.48. The average molecular weight is 383 g/mol. The Bertz CT molecular complexity index is 875. The van der Waals surface area contributed by atoms with E-state index in [4.69, 9.17) is 14.7 Å². The quantitative estimate of drug-likeness (QED) is 0.872. The van der Waals surface area contributed by atoms with Gasteiger partial charge in [0.1, 0.15) is 5.60 Å². The van der Waals surface area contributed by atoms with E-state index in [-0.39, 0.29) is 12.1 Å². The van der Waals surface area contributed by atoms with Gasteiger partial charge in [0.25, 0.3) is 0 Å². The molecular weight excluding hydrogens is 354 g/mol. The summed E-state index contributed by atoms with van der Waals surface area (Å²) in [6.07, 6.45) is 2.11. The summed E-state index contributed by atoms with van der Waals surface area (Å²) in [5.41, 5.74) is 1.30. The number of hydrogen-bond donors (Lipinski definition) is 1. The van der Waals surface area contributed by atoms with Crippen LogP contribution in [-0.2, 0) is 4.74 Å². The highest BCUT2D eigenvalue weighted by Crippen LogP contribution is 2.32. The summed E-state index contributed by atoms with van der Waals surface area (Å²) in [5, 5.41) is 3.53. The van der Waals surface area contributed by atoms with Gasteiger partial charge in [0.15, 0.2) is 11.6 Å². The standard InChI is InChI=1S/C21H29N5O2/c1-14-13-25(11-12-26(14)20(27)28-21(2,3)4)19-18(22-15-9-10-15)23-16-7-5-6-8-17(16)24-19/h5-8,14-15H,9-13H2,1-4H3,(H,22,23)/t14-/m1/s1. The number of nitrogens with one attached hydrogen (secondary N) is 1. The van der Waals surface area contributed by atoms with Crippen LogP contribution in [0.3, 0.4) is 0 Å². The Hall–Kier alpha value is -2.57. The van der Waals surface area contributed by atoms with Crippen LogP contribution in [0.25, 0.3) is 11.0 Å². The van der Waals surface area contributed by atoms with Gasteiger partial charge in [-0.25, -0.2) is 14.8 Å². The van der Waals surface area contributed by atoms with Crippen molar-refractivity contribution in [3.8, 4) is 0 Å². The number of anilines is 2. The van der Waals surface area contributed by atoms with Crippen molar-refractivity contribution in [2.45, 2.75) is 58.2 Å². The van der Waals surface area contributed by atoms with Crippen LogP contribution >= 0.6 is 0 Å². The molecule has 0 bridgehead atoms. The number of carbonyl (C=O) groups is 1. The molecule has 1 saturated heterocycles. The van der Waals surface area contributed by atoms with Gasteiger partial charge in [-0.1, -0.05) is 12.1 Å². The molecule has 1 aromatic heterocycles. The van der Waals surface area contributed by atoms with Crippen LogP contribution in [0.5, 0.6) is 0 Å². The van der Waals surface area contributed by atoms with Gasteiger partial charge in [0, 0.05) is 31.7 Å². The Kier molecular flexibility index (Phi) is 4.77. The topological polar surface area (TPSA) is 70.6 Å². The predicted molar refractivity (Wildman–Crippen MR) is 111 cm³/mol. The van der Waals surface area contributed by atoms with Crippen LogP contribution in [-0.4, -0.2) is 58.3 Å². The molecule has 1 aliphatic carbocycles. The van der Waals surface area contributed by atoms with E-state index in [9.17, 15) is 4.79 Å². The summed E-state index contributed by atoms with van der Waals surface area (Å²) in [5.74, 6) is 1.72. The highest BCUT2D eigenvalue weighted by Gasteiger charge is 2.33. The highest BCUT2D eigenvalue weighted by atomic mass is 16.6. The van der Waals surface area contributed by atoms with E-state index in [1.807, 2.05) is 49.9 Å². The van der Waals surface area contributed by atoms with Crippen LogP contribution in [0.4, 0.5) is 16.4 Å². The van der Waals surface area contributed by atoms with Gasteiger partial charge in [-0.05, 0) is 52.7 Å². The predicted octanol–water partition coefficient (Wildman–Crippen LogP) is 3.65. The second kappa shape index (κ2) is 7.11. The second-order valence-electron chi connectivity index (χ2n) is 8.77. The molecule has 1 aromatic carbocycles. The zero-order valence-electron chi connectivity index (χ0n) is 17.1. The molecule has 1 atom stereocenters. The third kappa shape index (κ3) is 4.13. The Balaban J connectivity index is 1.56. The molecule has 4 rings (SSSR count). The number of hydrogen-bond acceptors (Lipinski definition) is 6. The summed E-state index contributed by atoms with van der Waals surface area (Å²) in [4.78, 5) is 26.3. The summed E-state index contributed by atoms with van der Waals surface area (Å²) in [6.45, 7) is 9.75. The maximum atomic E-state index is 12.5. The summed E-state index contributed by atoms with van der Waals surface area (Å²) < 4.78 is 5.56. The van der Waals surface area contributed by atoms with Gasteiger partial charge in [-0.15, -0.1) is 0 Å². The first-order chi connectivity index (χ1) is 13.3. The smallest absolute Gasteiger partial charge is 0.410 e. The molecule has 7 nitrogen and oxygen atoms in total. The van der Waals surface area contributed by atoms with Crippen molar-refractivity contribution in [3.05, 3.63) is 24.3 Å². The fourth-order valence-corrected chi connectivity index (χ4v) is 3.47. The minimum absolute atomic E-state index is 0.0330. The van der Waals surface area contributed by atoms with E-state index < -0.39 is 5.60 Å². The fourth-order valence-electron chi connectivity index (χ4n) is 3.47. The third-order valence-corrected chi connectivity index (χ3v) is 5.03. The molecular formula is C21H29N5O2. The lowest BCUT2D eigenvalue weighted by molar-refractivity contribution is 0.0158. The molecule has 1 saturated carbocycles. The number of aromatic nitrogens is 2. The molecule has 2 aromatic rings. The lowest BCUT2D eigenvalue weighted by Crippen LogP contribution is -2.55. The number of rotatable bonds is 3. The summed E-state index contributed by atoms with van der Waals surface area (Å²) in [7, 11) is 0. The van der Waals surface area contributed by atoms with Crippen LogP contribution in [0.1, 0.15) is 40.5 Å². The van der Waals surface area contributed by atoms with Crippen LogP contribution < -0.4 is 10.2 Å². The Morgan fingerprint density at radius 3 is 2.43 bits per heavy atom. The number of piperazine rings is 1. The van der Waals surface area contributed by atoms with Crippen molar-refractivity contribution in [1.29, 1.82) is 0 Å². The normalized spacial score (nSPS) is 20.4. The Labute approximate surface area is 166 Å². The first-order valence-corrected chi connectivity index (χ1v) is 10.1. The van der Waals surface area contributed by atoms with Gasteiger partial charge >= 0.3 is 6.09 Å². The number of nitrogens with zero attached hydrogens (tertiary/aromatic N) is 4. The van der Waals surface area contributed by atoms with E-state index in [0.29, 0.717) is 25.7 Å². The first kappa shape index (κ1) is 18.8. The highest BCUT2D eigenvalue weighted by molar-refractivity contribution is 5.81. The number of fused-ring (bicyclic) bond motifs is 1. The Morgan fingerprint density at radius 2 is 1.82 bits per heavy atom. The molecule has 7 heteroatoms. The largest absolute Gasteiger partial charge is 0.444 e. The molecule has 2 aliphatic rings. The molecule has 2 fully saturated rings. The minimum Gasteiger partial charge on any atom is -0.444 e. The van der Waals surface area contributed by atoms with Gasteiger partial charge in [-0.2, -0.15) is 0 Å². The van der Waals surface area contributed by atoms with Gasteiger partial charge in [0.05, 0.1) is 11.0 Å². The molecule has 0 spiro atoms. The fraction of sp³-hybridized carbons (Fsp3) is 0.571. The van der Waals surface area contributed by atoms with Gasteiger partial charge in [0.2, 0.25) is 0 Å². The van der Waals surface area contributed by atoms with E-state index in [0.717, 1.165) is 22.7 Å². The maximum absolute atomic E-state index is 12.5. The van der Waals surface area contributed by atoms with Crippen LogP contribution in [0, 0.1) is 0 Å². The number of benzene rings is 1.